The van der Waals surface area contributed by atoms with E-state index in [4.69, 9.17) is 4.74 Å². The molecule has 1 aromatic heterocycles. The topological polar surface area (TPSA) is 34.1 Å². The molecule has 0 aromatic carbocycles. The van der Waals surface area contributed by atoms with Gasteiger partial charge in [-0.25, -0.2) is 0 Å². The maximum atomic E-state index is 5.79. The molecule has 0 bridgehead atoms. The van der Waals surface area contributed by atoms with Crippen LogP contribution in [0.25, 0.3) is 0 Å². The second-order valence-electron chi connectivity index (χ2n) is 4.02. The number of pyridine rings is 1. The van der Waals surface area contributed by atoms with Crippen LogP contribution in [0.5, 0.6) is 0 Å². The zero-order valence-corrected chi connectivity index (χ0v) is 9.15. The van der Waals surface area contributed by atoms with Crippen LogP contribution in [-0.4, -0.2) is 24.2 Å². The quantitative estimate of drug-likeness (QED) is 0.817. The minimum Gasteiger partial charge on any atom is -0.371 e. The van der Waals surface area contributed by atoms with E-state index < -0.39 is 0 Å². The third-order valence-corrected chi connectivity index (χ3v) is 2.81. The van der Waals surface area contributed by atoms with E-state index in [0.717, 1.165) is 18.8 Å². The highest BCUT2D eigenvalue weighted by atomic mass is 16.5. The van der Waals surface area contributed by atoms with Crippen molar-refractivity contribution in [2.24, 2.45) is 0 Å². The third-order valence-electron chi connectivity index (χ3n) is 2.81. The molecule has 1 N–H and O–H groups in total. The summed E-state index contributed by atoms with van der Waals surface area (Å²) in [5, 5.41) is 3.42. The summed E-state index contributed by atoms with van der Waals surface area (Å²) in [6, 6.07) is 6.47. The average Bonchev–Trinajstić information content (AvgIpc) is 2.80. The van der Waals surface area contributed by atoms with E-state index in [2.05, 4.69) is 17.2 Å². The van der Waals surface area contributed by atoms with Crippen LogP contribution in [0, 0.1) is 0 Å². The van der Waals surface area contributed by atoms with Gasteiger partial charge in [0, 0.05) is 12.2 Å². The summed E-state index contributed by atoms with van der Waals surface area (Å²) >= 11 is 0. The van der Waals surface area contributed by atoms with E-state index in [1.165, 1.54) is 12.8 Å². The Balaban J connectivity index is 1.79. The third kappa shape index (κ3) is 3.01. The Morgan fingerprint density at radius 3 is 3.20 bits per heavy atom. The fourth-order valence-electron chi connectivity index (χ4n) is 1.86. The van der Waals surface area contributed by atoms with Gasteiger partial charge in [0.2, 0.25) is 0 Å². The molecule has 1 aliphatic rings. The smallest absolute Gasteiger partial charge is 0.0967 e. The van der Waals surface area contributed by atoms with E-state index in [1.54, 1.807) is 0 Å². The van der Waals surface area contributed by atoms with Crippen LogP contribution < -0.4 is 5.32 Å². The van der Waals surface area contributed by atoms with Crippen molar-refractivity contribution in [2.75, 3.05) is 13.2 Å². The first kappa shape index (κ1) is 10.6. The molecule has 82 valence electrons. The molecular formula is C12H18N2O. The van der Waals surface area contributed by atoms with Crippen molar-refractivity contribution in [1.82, 2.24) is 10.3 Å². The Kier molecular flexibility index (Phi) is 3.69. The van der Waals surface area contributed by atoms with Crippen molar-refractivity contribution in [2.45, 2.75) is 31.9 Å². The van der Waals surface area contributed by atoms with Crippen molar-refractivity contribution in [1.29, 1.82) is 0 Å². The number of hydrogen-bond donors (Lipinski definition) is 1. The Hall–Kier alpha value is -0.930. The highest BCUT2D eigenvalue weighted by Gasteiger charge is 2.16. The standard InChI is InChI=1S/C12H18N2O/c1-10(12-6-2-3-7-14-12)15-9-11-5-4-8-13-11/h2-3,6-7,10-11,13H,4-5,8-9H2,1H3/t10-,11+/m0/s1. The lowest BCUT2D eigenvalue weighted by atomic mass is 10.2. The highest BCUT2D eigenvalue weighted by molar-refractivity contribution is 5.05. The van der Waals surface area contributed by atoms with Crippen LogP contribution in [0.4, 0.5) is 0 Å². The number of hydrogen-bond acceptors (Lipinski definition) is 3. The molecule has 0 unspecified atom stereocenters. The SMILES string of the molecule is C[C@H](OC[C@H]1CCCN1)c1ccccn1. The predicted octanol–water partition coefficient (Wildman–Crippen LogP) is 1.91. The summed E-state index contributed by atoms with van der Waals surface area (Å²) in [6.45, 7) is 3.97. The van der Waals surface area contributed by atoms with Crippen LogP contribution in [0.2, 0.25) is 0 Å². The first-order chi connectivity index (χ1) is 7.36. The lowest BCUT2D eigenvalue weighted by Gasteiger charge is -2.16. The molecule has 1 saturated heterocycles. The van der Waals surface area contributed by atoms with Gasteiger partial charge in [-0.3, -0.25) is 4.98 Å². The van der Waals surface area contributed by atoms with Gasteiger partial charge in [0.25, 0.3) is 0 Å². The van der Waals surface area contributed by atoms with Gasteiger partial charge < -0.3 is 10.1 Å². The highest BCUT2D eigenvalue weighted by Crippen LogP contribution is 2.15. The van der Waals surface area contributed by atoms with Crippen molar-refractivity contribution < 1.29 is 4.74 Å². The molecule has 1 aromatic rings. The van der Waals surface area contributed by atoms with Crippen LogP contribution in [-0.2, 0) is 4.74 Å². The summed E-state index contributed by atoms with van der Waals surface area (Å²) in [7, 11) is 0. The largest absolute Gasteiger partial charge is 0.371 e. The van der Waals surface area contributed by atoms with Crippen LogP contribution in [0.15, 0.2) is 24.4 Å². The zero-order chi connectivity index (χ0) is 10.5. The van der Waals surface area contributed by atoms with Gasteiger partial charge in [-0.15, -0.1) is 0 Å². The zero-order valence-electron chi connectivity index (χ0n) is 9.15. The fourth-order valence-corrected chi connectivity index (χ4v) is 1.86. The lowest BCUT2D eigenvalue weighted by Crippen LogP contribution is -2.27. The van der Waals surface area contributed by atoms with Gasteiger partial charge in [0.15, 0.2) is 0 Å². The van der Waals surface area contributed by atoms with Gasteiger partial charge in [0.1, 0.15) is 0 Å². The normalized spacial score (nSPS) is 22.9. The minimum absolute atomic E-state index is 0.0913. The molecule has 1 aliphatic heterocycles. The molecule has 0 saturated carbocycles. The summed E-state index contributed by atoms with van der Waals surface area (Å²) in [5.74, 6) is 0. The molecule has 2 rings (SSSR count). The molecule has 1 fully saturated rings. The Morgan fingerprint density at radius 1 is 1.60 bits per heavy atom. The fraction of sp³-hybridized carbons (Fsp3) is 0.583. The van der Waals surface area contributed by atoms with Gasteiger partial charge >= 0.3 is 0 Å². The van der Waals surface area contributed by atoms with E-state index in [9.17, 15) is 0 Å². The van der Waals surface area contributed by atoms with E-state index >= 15 is 0 Å². The van der Waals surface area contributed by atoms with Crippen molar-refractivity contribution in [3.05, 3.63) is 30.1 Å². The maximum absolute atomic E-state index is 5.79. The van der Waals surface area contributed by atoms with Crippen LogP contribution >= 0.6 is 0 Å². The van der Waals surface area contributed by atoms with Gasteiger partial charge in [0.05, 0.1) is 18.4 Å². The molecule has 0 amide bonds. The molecule has 15 heavy (non-hydrogen) atoms. The van der Waals surface area contributed by atoms with Gasteiger partial charge in [-0.2, -0.15) is 0 Å². The van der Waals surface area contributed by atoms with E-state index in [-0.39, 0.29) is 6.10 Å². The monoisotopic (exact) mass is 206 g/mol. The summed E-state index contributed by atoms with van der Waals surface area (Å²) in [6.07, 6.45) is 4.40. The lowest BCUT2D eigenvalue weighted by molar-refractivity contribution is 0.0499. The summed E-state index contributed by atoms with van der Waals surface area (Å²) in [4.78, 5) is 4.28. The number of nitrogens with zero attached hydrogens (tertiary/aromatic N) is 1. The molecule has 3 heteroatoms. The maximum Gasteiger partial charge on any atom is 0.0967 e. The summed E-state index contributed by atoms with van der Waals surface area (Å²) < 4.78 is 5.79. The Morgan fingerprint density at radius 2 is 2.53 bits per heavy atom. The Bertz CT molecular complexity index is 283. The molecular weight excluding hydrogens is 188 g/mol. The first-order valence-electron chi connectivity index (χ1n) is 5.62. The summed E-state index contributed by atoms with van der Waals surface area (Å²) in [5.41, 5.74) is 1.01. The average molecular weight is 206 g/mol. The molecule has 0 spiro atoms. The second-order valence-corrected chi connectivity index (χ2v) is 4.02. The first-order valence-corrected chi connectivity index (χ1v) is 5.62. The van der Waals surface area contributed by atoms with Crippen LogP contribution in [0.1, 0.15) is 31.6 Å². The predicted molar refractivity (Wildman–Crippen MR) is 59.6 cm³/mol. The van der Waals surface area contributed by atoms with E-state index in [1.807, 2.05) is 24.4 Å². The number of aromatic nitrogens is 1. The van der Waals surface area contributed by atoms with Crippen LogP contribution in [0.3, 0.4) is 0 Å². The van der Waals surface area contributed by atoms with Gasteiger partial charge in [-0.05, 0) is 38.4 Å². The van der Waals surface area contributed by atoms with E-state index in [0.29, 0.717) is 6.04 Å². The molecule has 2 atom stereocenters. The second kappa shape index (κ2) is 5.24. The molecule has 2 heterocycles. The number of ether oxygens (including phenoxy) is 1. The molecule has 3 nitrogen and oxygen atoms in total. The van der Waals surface area contributed by atoms with Crippen molar-refractivity contribution >= 4 is 0 Å². The molecule has 0 aliphatic carbocycles. The number of rotatable bonds is 4. The minimum atomic E-state index is 0.0913. The molecule has 0 radical (unpaired) electrons. The van der Waals surface area contributed by atoms with Crippen molar-refractivity contribution in [3.8, 4) is 0 Å². The Labute approximate surface area is 90.9 Å². The van der Waals surface area contributed by atoms with Crippen molar-refractivity contribution in [3.63, 3.8) is 0 Å². The van der Waals surface area contributed by atoms with Gasteiger partial charge in [-0.1, -0.05) is 6.07 Å². The number of nitrogens with one attached hydrogen (secondary N) is 1.